The lowest BCUT2D eigenvalue weighted by atomic mass is 10.0. The maximum absolute atomic E-state index is 11.1. The molecule has 0 saturated carbocycles. The molecule has 0 rings (SSSR count). The molecule has 0 aromatic carbocycles. The highest BCUT2D eigenvalue weighted by molar-refractivity contribution is 5.72. The van der Waals surface area contributed by atoms with Gasteiger partial charge >= 0.3 is 5.97 Å². The van der Waals surface area contributed by atoms with Gasteiger partial charge in [0.1, 0.15) is 6.73 Å². The van der Waals surface area contributed by atoms with Crippen molar-refractivity contribution in [1.82, 2.24) is 0 Å². The Labute approximate surface area is 67.9 Å². The molecule has 0 fully saturated rings. The summed E-state index contributed by atoms with van der Waals surface area (Å²) in [5, 5.41) is 0. The smallest absolute Gasteiger partial charge is 0.310 e. The summed E-state index contributed by atoms with van der Waals surface area (Å²) in [5.74, 6) is -0.111. The van der Waals surface area contributed by atoms with Crippen LogP contribution in [-0.2, 0) is 9.53 Å². The summed E-state index contributed by atoms with van der Waals surface area (Å²) in [5.41, 5.74) is 5.08. The first-order chi connectivity index (χ1) is 5.26. The standard InChI is InChI=1S/C8H17NO2/c1-3-5-7(4-2)8(10)11-6-9/h7H,3-6,9H2,1-2H3. The van der Waals surface area contributed by atoms with Gasteiger partial charge in [-0.05, 0) is 12.8 Å². The average Bonchev–Trinajstić information content (AvgIpc) is 2.00. The largest absolute Gasteiger partial charge is 0.450 e. The van der Waals surface area contributed by atoms with Crippen molar-refractivity contribution in [3.63, 3.8) is 0 Å². The van der Waals surface area contributed by atoms with Crippen molar-refractivity contribution < 1.29 is 9.53 Å². The van der Waals surface area contributed by atoms with E-state index < -0.39 is 0 Å². The average molecular weight is 159 g/mol. The number of esters is 1. The van der Waals surface area contributed by atoms with Crippen LogP contribution in [-0.4, -0.2) is 12.7 Å². The molecule has 0 heterocycles. The second kappa shape index (κ2) is 6.16. The molecule has 66 valence electrons. The zero-order chi connectivity index (χ0) is 8.69. The third-order valence-corrected chi connectivity index (χ3v) is 1.69. The number of carbonyl (C=O) groups is 1. The van der Waals surface area contributed by atoms with E-state index in [0.29, 0.717) is 0 Å². The van der Waals surface area contributed by atoms with E-state index in [-0.39, 0.29) is 18.6 Å². The normalized spacial score (nSPS) is 12.6. The van der Waals surface area contributed by atoms with Crippen LogP contribution >= 0.6 is 0 Å². The van der Waals surface area contributed by atoms with Crippen molar-refractivity contribution in [1.29, 1.82) is 0 Å². The van der Waals surface area contributed by atoms with Crippen molar-refractivity contribution in [3.8, 4) is 0 Å². The SMILES string of the molecule is CCCC(CC)C(=O)OCN. The quantitative estimate of drug-likeness (QED) is 0.485. The zero-order valence-corrected chi connectivity index (χ0v) is 7.30. The minimum absolute atomic E-state index is 0.000945. The van der Waals surface area contributed by atoms with E-state index >= 15 is 0 Å². The Kier molecular flexibility index (Phi) is 5.84. The number of nitrogens with two attached hydrogens (primary N) is 1. The van der Waals surface area contributed by atoms with Crippen molar-refractivity contribution in [3.05, 3.63) is 0 Å². The van der Waals surface area contributed by atoms with E-state index in [0.717, 1.165) is 19.3 Å². The highest BCUT2D eigenvalue weighted by atomic mass is 16.5. The molecule has 3 nitrogen and oxygen atoms in total. The van der Waals surface area contributed by atoms with Crippen LogP contribution in [0.5, 0.6) is 0 Å². The molecule has 11 heavy (non-hydrogen) atoms. The van der Waals surface area contributed by atoms with Gasteiger partial charge < -0.3 is 4.74 Å². The predicted molar refractivity (Wildman–Crippen MR) is 43.8 cm³/mol. The molecule has 0 bridgehead atoms. The topological polar surface area (TPSA) is 52.3 Å². The lowest BCUT2D eigenvalue weighted by Crippen LogP contribution is -2.20. The first-order valence-electron chi connectivity index (χ1n) is 4.12. The van der Waals surface area contributed by atoms with E-state index in [4.69, 9.17) is 5.73 Å². The van der Waals surface area contributed by atoms with Crippen molar-refractivity contribution in [2.45, 2.75) is 33.1 Å². The fourth-order valence-electron chi connectivity index (χ4n) is 1.04. The van der Waals surface area contributed by atoms with E-state index in [1.807, 2.05) is 6.92 Å². The van der Waals surface area contributed by atoms with Gasteiger partial charge in [0.2, 0.25) is 0 Å². The van der Waals surface area contributed by atoms with E-state index in [1.54, 1.807) is 0 Å². The van der Waals surface area contributed by atoms with Crippen LogP contribution in [0.25, 0.3) is 0 Å². The molecule has 0 aliphatic carbocycles. The minimum Gasteiger partial charge on any atom is -0.450 e. The molecule has 0 aromatic heterocycles. The van der Waals surface area contributed by atoms with Gasteiger partial charge in [0.15, 0.2) is 0 Å². The van der Waals surface area contributed by atoms with Crippen LogP contribution in [0.2, 0.25) is 0 Å². The third kappa shape index (κ3) is 3.98. The van der Waals surface area contributed by atoms with Crippen LogP contribution < -0.4 is 5.73 Å². The Bertz CT molecular complexity index is 115. The number of carbonyl (C=O) groups excluding carboxylic acids is 1. The number of rotatable bonds is 5. The first-order valence-corrected chi connectivity index (χ1v) is 4.12. The molecule has 2 N–H and O–H groups in total. The maximum atomic E-state index is 11.1. The zero-order valence-electron chi connectivity index (χ0n) is 7.30. The van der Waals surface area contributed by atoms with Crippen molar-refractivity contribution in [2.24, 2.45) is 11.7 Å². The van der Waals surface area contributed by atoms with Crippen LogP contribution in [0, 0.1) is 5.92 Å². The van der Waals surface area contributed by atoms with E-state index in [2.05, 4.69) is 11.7 Å². The monoisotopic (exact) mass is 159 g/mol. The number of ether oxygens (including phenoxy) is 1. The van der Waals surface area contributed by atoms with Gasteiger partial charge in [-0.25, -0.2) is 0 Å². The van der Waals surface area contributed by atoms with Gasteiger partial charge in [-0.2, -0.15) is 0 Å². The highest BCUT2D eigenvalue weighted by Gasteiger charge is 2.15. The summed E-state index contributed by atoms with van der Waals surface area (Å²) in [6.07, 6.45) is 2.75. The van der Waals surface area contributed by atoms with Gasteiger partial charge in [0.25, 0.3) is 0 Å². The summed E-state index contributed by atoms with van der Waals surface area (Å²) in [6.45, 7) is 4.04. The molecule has 0 aromatic rings. The Morgan fingerprint density at radius 3 is 2.55 bits per heavy atom. The highest BCUT2D eigenvalue weighted by Crippen LogP contribution is 2.11. The molecule has 0 aliphatic rings. The van der Waals surface area contributed by atoms with Crippen LogP contribution in [0.1, 0.15) is 33.1 Å². The summed E-state index contributed by atoms with van der Waals surface area (Å²) >= 11 is 0. The van der Waals surface area contributed by atoms with Gasteiger partial charge in [0, 0.05) is 0 Å². The Morgan fingerprint density at radius 1 is 1.55 bits per heavy atom. The second-order valence-electron chi connectivity index (χ2n) is 2.52. The molecular formula is C8H17NO2. The molecule has 1 unspecified atom stereocenters. The molecular weight excluding hydrogens is 142 g/mol. The third-order valence-electron chi connectivity index (χ3n) is 1.69. The van der Waals surface area contributed by atoms with Crippen molar-refractivity contribution >= 4 is 5.97 Å². The summed E-state index contributed by atoms with van der Waals surface area (Å²) < 4.78 is 4.69. The summed E-state index contributed by atoms with van der Waals surface area (Å²) in [6, 6.07) is 0. The Balaban J connectivity index is 3.71. The number of hydrogen-bond acceptors (Lipinski definition) is 3. The van der Waals surface area contributed by atoms with Gasteiger partial charge in [-0.15, -0.1) is 0 Å². The molecule has 0 spiro atoms. The lowest BCUT2D eigenvalue weighted by molar-refractivity contribution is -0.148. The predicted octanol–water partition coefficient (Wildman–Crippen LogP) is 1.27. The molecule has 0 amide bonds. The van der Waals surface area contributed by atoms with Crippen molar-refractivity contribution in [2.75, 3.05) is 6.73 Å². The van der Waals surface area contributed by atoms with Gasteiger partial charge in [-0.3, -0.25) is 10.5 Å². The molecule has 0 saturated heterocycles. The van der Waals surface area contributed by atoms with Gasteiger partial charge in [-0.1, -0.05) is 20.3 Å². The molecule has 0 aliphatic heterocycles. The summed E-state index contributed by atoms with van der Waals surface area (Å²) in [7, 11) is 0. The van der Waals surface area contributed by atoms with E-state index in [1.165, 1.54) is 0 Å². The van der Waals surface area contributed by atoms with Gasteiger partial charge in [0.05, 0.1) is 5.92 Å². The van der Waals surface area contributed by atoms with E-state index in [9.17, 15) is 4.79 Å². The molecule has 0 radical (unpaired) electrons. The Hall–Kier alpha value is -0.570. The first kappa shape index (κ1) is 10.4. The Morgan fingerprint density at radius 2 is 2.18 bits per heavy atom. The minimum atomic E-state index is -0.156. The second-order valence-corrected chi connectivity index (χ2v) is 2.52. The maximum Gasteiger partial charge on any atom is 0.310 e. The van der Waals surface area contributed by atoms with Crippen LogP contribution in [0.4, 0.5) is 0 Å². The molecule has 3 heteroatoms. The number of hydrogen-bond donors (Lipinski definition) is 1. The fourth-order valence-corrected chi connectivity index (χ4v) is 1.04. The van der Waals surface area contributed by atoms with Crippen LogP contribution in [0.3, 0.4) is 0 Å². The summed E-state index contributed by atoms with van der Waals surface area (Å²) in [4.78, 5) is 11.1. The fraction of sp³-hybridized carbons (Fsp3) is 0.875. The lowest BCUT2D eigenvalue weighted by Gasteiger charge is -2.11. The molecule has 1 atom stereocenters. The van der Waals surface area contributed by atoms with Crippen LogP contribution in [0.15, 0.2) is 0 Å².